The van der Waals surface area contributed by atoms with Crippen molar-refractivity contribution in [2.24, 2.45) is 17.8 Å². The molecule has 128 valence electrons. The van der Waals surface area contributed by atoms with Gasteiger partial charge in [-0.2, -0.15) is 0 Å². The number of phenolic OH excluding ortho intramolecular Hbond substituents is 1. The summed E-state index contributed by atoms with van der Waals surface area (Å²) in [4.78, 5) is 0. The van der Waals surface area contributed by atoms with Crippen LogP contribution in [0.1, 0.15) is 74.0 Å². The Balaban J connectivity index is 1.56. The second kappa shape index (κ2) is 7.23. The fraction of sp³-hybridized carbons (Fsp3) is 0.714. The van der Waals surface area contributed by atoms with Gasteiger partial charge in [0, 0.05) is 0 Å². The maximum Gasteiger partial charge on any atom is 0.121 e. The molecule has 0 amide bonds. The van der Waals surface area contributed by atoms with E-state index in [4.69, 9.17) is 0 Å². The van der Waals surface area contributed by atoms with E-state index in [1.165, 1.54) is 44.1 Å². The number of benzene rings is 1. The lowest BCUT2D eigenvalue weighted by Crippen LogP contribution is -2.26. The second-order valence-corrected chi connectivity index (χ2v) is 8.05. The van der Waals surface area contributed by atoms with E-state index < -0.39 is 0 Å². The number of alkyl halides is 1. The molecule has 0 heterocycles. The van der Waals surface area contributed by atoms with Gasteiger partial charge in [-0.25, -0.2) is 0 Å². The fourth-order valence-electron chi connectivity index (χ4n) is 4.96. The minimum atomic E-state index is -0.112. The molecule has 2 fully saturated rings. The molecule has 23 heavy (non-hydrogen) atoms. The number of hydrogen-bond acceptors (Lipinski definition) is 1. The number of aromatic hydroxyl groups is 1. The molecule has 1 N–H and O–H groups in total. The van der Waals surface area contributed by atoms with E-state index >= 15 is 0 Å². The Labute approximate surface area is 140 Å². The average molecular weight is 318 g/mol. The van der Waals surface area contributed by atoms with Gasteiger partial charge in [-0.15, -0.1) is 0 Å². The summed E-state index contributed by atoms with van der Waals surface area (Å²) in [6, 6.07) is 4.36. The molecule has 0 saturated heterocycles. The highest BCUT2D eigenvalue weighted by Gasteiger charge is 2.31. The Hall–Kier alpha value is -1.05. The molecule has 2 aliphatic carbocycles. The SMILES string of the molecule is Cc1cc(C2CCC(C3CCC(CF)CC3)CC2)cc(C)c1O. The Bertz CT molecular complexity index is 500. The first kappa shape index (κ1) is 16.8. The smallest absolute Gasteiger partial charge is 0.121 e. The Morgan fingerprint density at radius 3 is 1.83 bits per heavy atom. The number of phenols is 1. The second-order valence-electron chi connectivity index (χ2n) is 8.05. The van der Waals surface area contributed by atoms with Crippen molar-refractivity contribution >= 4 is 0 Å². The first-order valence-corrected chi connectivity index (χ1v) is 9.44. The number of aryl methyl sites for hydroxylation is 2. The highest BCUT2D eigenvalue weighted by atomic mass is 19.1. The van der Waals surface area contributed by atoms with E-state index in [1.54, 1.807) is 0 Å². The molecule has 0 atom stereocenters. The Morgan fingerprint density at radius 1 is 0.870 bits per heavy atom. The maximum atomic E-state index is 12.8. The molecule has 2 saturated carbocycles. The normalized spacial score (nSPS) is 32.0. The van der Waals surface area contributed by atoms with E-state index in [2.05, 4.69) is 12.1 Å². The van der Waals surface area contributed by atoms with Crippen molar-refractivity contribution in [3.05, 3.63) is 28.8 Å². The van der Waals surface area contributed by atoms with E-state index in [-0.39, 0.29) is 6.67 Å². The third-order valence-electron chi connectivity index (χ3n) is 6.53. The highest BCUT2D eigenvalue weighted by molar-refractivity contribution is 5.43. The van der Waals surface area contributed by atoms with Crippen LogP contribution < -0.4 is 0 Å². The summed E-state index contributed by atoms with van der Waals surface area (Å²) in [6.07, 6.45) is 9.93. The third-order valence-corrected chi connectivity index (χ3v) is 6.53. The molecule has 2 aliphatic rings. The van der Waals surface area contributed by atoms with E-state index in [0.29, 0.717) is 17.6 Å². The number of hydrogen-bond donors (Lipinski definition) is 1. The van der Waals surface area contributed by atoms with E-state index in [9.17, 15) is 9.50 Å². The van der Waals surface area contributed by atoms with Gasteiger partial charge >= 0.3 is 0 Å². The van der Waals surface area contributed by atoms with Crippen LogP contribution in [0.2, 0.25) is 0 Å². The van der Waals surface area contributed by atoms with Crippen LogP contribution >= 0.6 is 0 Å². The van der Waals surface area contributed by atoms with Gasteiger partial charge in [0.2, 0.25) is 0 Å². The van der Waals surface area contributed by atoms with Crippen molar-refractivity contribution in [1.29, 1.82) is 0 Å². The molecule has 0 spiro atoms. The lowest BCUT2D eigenvalue weighted by Gasteiger charge is -2.37. The number of rotatable bonds is 3. The van der Waals surface area contributed by atoms with Crippen LogP contribution in [0.5, 0.6) is 5.75 Å². The van der Waals surface area contributed by atoms with Gasteiger partial charge in [-0.1, -0.05) is 12.1 Å². The standard InChI is InChI=1S/C21H31FO/c1-14-11-20(12-15(2)21(14)23)19-9-7-18(8-10-19)17-5-3-16(13-22)4-6-17/h11-12,16-19,23H,3-10,13H2,1-2H3. The average Bonchev–Trinajstić information content (AvgIpc) is 2.59. The lowest BCUT2D eigenvalue weighted by atomic mass is 9.68. The molecule has 0 radical (unpaired) electrons. The molecular weight excluding hydrogens is 287 g/mol. The maximum absolute atomic E-state index is 12.8. The molecule has 0 aromatic heterocycles. The molecule has 3 rings (SSSR count). The molecular formula is C21H31FO. The van der Waals surface area contributed by atoms with E-state index in [1.807, 2.05) is 13.8 Å². The van der Waals surface area contributed by atoms with Gasteiger partial charge in [0.05, 0.1) is 6.67 Å². The first-order valence-electron chi connectivity index (χ1n) is 9.44. The highest BCUT2D eigenvalue weighted by Crippen LogP contribution is 2.44. The monoisotopic (exact) mass is 318 g/mol. The largest absolute Gasteiger partial charge is 0.507 e. The summed E-state index contributed by atoms with van der Waals surface area (Å²) in [5, 5.41) is 9.96. The zero-order chi connectivity index (χ0) is 16.4. The van der Waals surface area contributed by atoms with Crippen molar-refractivity contribution < 1.29 is 9.50 Å². The summed E-state index contributed by atoms with van der Waals surface area (Å²) < 4.78 is 12.8. The Kier molecular flexibility index (Phi) is 5.28. The lowest BCUT2D eigenvalue weighted by molar-refractivity contribution is 0.148. The molecule has 1 aromatic rings. The van der Waals surface area contributed by atoms with Gasteiger partial charge in [-0.3, -0.25) is 4.39 Å². The van der Waals surface area contributed by atoms with Crippen molar-refractivity contribution in [2.75, 3.05) is 6.67 Å². The zero-order valence-corrected chi connectivity index (χ0v) is 14.7. The molecule has 0 unspecified atom stereocenters. The van der Waals surface area contributed by atoms with Gasteiger partial charge in [0.1, 0.15) is 5.75 Å². The third kappa shape index (κ3) is 3.72. The van der Waals surface area contributed by atoms with Crippen LogP contribution in [0.15, 0.2) is 12.1 Å². The van der Waals surface area contributed by atoms with Gasteiger partial charge in [0.15, 0.2) is 0 Å². The summed E-state index contributed by atoms with van der Waals surface area (Å²) >= 11 is 0. The summed E-state index contributed by atoms with van der Waals surface area (Å²) in [5.74, 6) is 3.18. The van der Waals surface area contributed by atoms with Gasteiger partial charge < -0.3 is 5.11 Å². The zero-order valence-electron chi connectivity index (χ0n) is 14.7. The van der Waals surface area contributed by atoms with Crippen molar-refractivity contribution in [1.82, 2.24) is 0 Å². The minimum Gasteiger partial charge on any atom is -0.507 e. The summed E-state index contributed by atoms with van der Waals surface area (Å²) in [5.41, 5.74) is 3.43. The first-order chi connectivity index (χ1) is 11.1. The van der Waals surface area contributed by atoms with Gasteiger partial charge in [-0.05, 0) is 106 Å². The predicted molar refractivity (Wildman–Crippen MR) is 93.7 cm³/mol. The topological polar surface area (TPSA) is 20.2 Å². The minimum absolute atomic E-state index is 0.112. The van der Waals surface area contributed by atoms with Crippen LogP contribution in [0.25, 0.3) is 0 Å². The quantitative estimate of drug-likeness (QED) is 0.718. The van der Waals surface area contributed by atoms with Crippen molar-refractivity contribution in [3.63, 3.8) is 0 Å². The summed E-state index contributed by atoms with van der Waals surface area (Å²) in [7, 11) is 0. The molecule has 0 aliphatic heterocycles. The Morgan fingerprint density at radius 2 is 1.35 bits per heavy atom. The van der Waals surface area contributed by atoms with E-state index in [0.717, 1.165) is 35.8 Å². The number of halogens is 1. The fourth-order valence-corrected chi connectivity index (χ4v) is 4.96. The molecule has 1 aromatic carbocycles. The van der Waals surface area contributed by atoms with Gasteiger partial charge in [0.25, 0.3) is 0 Å². The van der Waals surface area contributed by atoms with Crippen LogP contribution in [-0.4, -0.2) is 11.8 Å². The summed E-state index contributed by atoms with van der Waals surface area (Å²) in [6.45, 7) is 3.89. The van der Waals surface area contributed by atoms with Crippen LogP contribution in [0.3, 0.4) is 0 Å². The molecule has 1 nitrogen and oxygen atoms in total. The van der Waals surface area contributed by atoms with Crippen LogP contribution in [0.4, 0.5) is 4.39 Å². The van der Waals surface area contributed by atoms with Crippen LogP contribution in [0, 0.1) is 31.6 Å². The molecule has 0 bridgehead atoms. The van der Waals surface area contributed by atoms with Crippen LogP contribution in [-0.2, 0) is 0 Å². The molecule has 2 heteroatoms. The predicted octanol–water partition coefficient (Wildman–Crippen LogP) is 6.06. The van der Waals surface area contributed by atoms with Crippen molar-refractivity contribution in [3.8, 4) is 5.75 Å². The van der Waals surface area contributed by atoms with Crippen molar-refractivity contribution in [2.45, 2.75) is 71.1 Å².